The number of fused-ring (bicyclic) bond motifs is 1. The van der Waals surface area contributed by atoms with E-state index >= 15 is 0 Å². The largest absolute Gasteiger partial charge is 0.354 e. The average molecular weight is 356 g/mol. The zero-order chi connectivity index (χ0) is 18.4. The molecule has 0 spiro atoms. The number of aromatic nitrogens is 2. The molecule has 1 unspecified atom stereocenters. The van der Waals surface area contributed by atoms with E-state index in [1.165, 1.54) is 32.0 Å². The second kappa shape index (κ2) is 8.94. The number of hydrogen-bond acceptors (Lipinski definition) is 4. The molecule has 26 heavy (non-hydrogen) atoms. The van der Waals surface area contributed by atoms with Crippen LogP contribution < -0.4 is 10.7 Å². The Bertz CT molecular complexity index is 802. The fourth-order valence-corrected chi connectivity index (χ4v) is 3.64. The van der Waals surface area contributed by atoms with E-state index in [1.807, 2.05) is 18.2 Å². The Morgan fingerprint density at radius 3 is 2.96 bits per heavy atom. The Hall–Kier alpha value is -2.21. The van der Waals surface area contributed by atoms with E-state index < -0.39 is 0 Å². The van der Waals surface area contributed by atoms with Gasteiger partial charge in [0.15, 0.2) is 0 Å². The molecule has 2 heterocycles. The number of amides is 1. The van der Waals surface area contributed by atoms with Crippen LogP contribution in [0.4, 0.5) is 0 Å². The molecule has 0 radical (unpaired) electrons. The van der Waals surface area contributed by atoms with Gasteiger partial charge in [0.2, 0.25) is 11.3 Å². The van der Waals surface area contributed by atoms with Gasteiger partial charge in [-0.25, -0.2) is 0 Å². The maximum atomic E-state index is 12.2. The van der Waals surface area contributed by atoms with Crippen LogP contribution in [0.1, 0.15) is 39.0 Å². The third kappa shape index (κ3) is 4.69. The lowest BCUT2D eigenvalue weighted by molar-refractivity contribution is -0.121. The van der Waals surface area contributed by atoms with Gasteiger partial charge in [0.25, 0.3) is 0 Å². The highest BCUT2D eigenvalue weighted by Crippen LogP contribution is 2.16. The first-order valence-electron chi connectivity index (χ1n) is 9.61. The van der Waals surface area contributed by atoms with E-state index in [1.54, 1.807) is 10.7 Å². The number of hydrogen-bond donors (Lipinski definition) is 1. The molecule has 1 atom stereocenters. The number of piperidine rings is 1. The van der Waals surface area contributed by atoms with Crippen molar-refractivity contribution in [3.05, 3.63) is 40.7 Å². The number of nitrogens with one attached hydrogen (secondary N) is 1. The Balaban J connectivity index is 1.43. The van der Waals surface area contributed by atoms with Crippen LogP contribution in [0, 0.1) is 0 Å². The fourth-order valence-electron chi connectivity index (χ4n) is 3.64. The van der Waals surface area contributed by atoms with Gasteiger partial charge in [-0.3, -0.25) is 14.3 Å². The van der Waals surface area contributed by atoms with Gasteiger partial charge >= 0.3 is 0 Å². The third-order valence-corrected chi connectivity index (χ3v) is 5.19. The summed E-state index contributed by atoms with van der Waals surface area (Å²) in [5, 5.41) is 7.65. The Morgan fingerprint density at radius 2 is 2.12 bits per heavy atom. The number of likely N-dealkylation sites (tertiary alicyclic amines) is 1. The zero-order valence-electron chi connectivity index (χ0n) is 15.5. The lowest BCUT2D eigenvalue weighted by Crippen LogP contribution is -2.38. The molecule has 1 N–H and O–H groups in total. The van der Waals surface area contributed by atoms with Crippen LogP contribution in [0.2, 0.25) is 0 Å². The molecule has 1 aliphatic heterocycles. The van der Waals surface area contributed by atoms with Gasteiger partial charge in [0, 0.05) is 18.0 Å². The highest BCUT2D eigenvalue weighted by atomic mass is 16.2. The summed E-state index contributed by atoms with van der Waals surface area (Å²) in [6.07, 6.45) is 7.31. The number of carbonyl (C=O) groups is 1. The second-order valence-electron chi connectivity index (χ2n) is 7.12. The van der Waals surface area contributed by atoms with Gasteiger partial charge in [-0.1, -0.05) is 18.6 Å². The molecule has 0 saturated carbocycles. The summed E-state index contributed by atoms with van der Waals surface area (Å²) in [6.45, 7) is 5.44. The van der Waals surface area contributed by atoms with E-state index in [0.29, 0.717) is 23.5 Å². The molecule has 1 saturated heterocycles. The summed E-state index contributed by atoms with van der Waals surface area (Å²) in [5.41, 5.74) is 0.568. The van der Waals surface area contributed by atoms with Gasteiger partial charge < -0.3 is 10.2 Å². The summed E-state index contributed by atoms with van der Waals surface area (Å²) < 4.78 is 1.58. The number of para-hydroxylation sites is 1. The quantitative estimate of drug-likeness (QED) is 0.772. The Kier molecular flexibility index (Phi) is 6.39. The van der Waals surface area contributed by atoms with E-state index in [2.05, 4.69) is 22.2 Å². The smallest absolute Gasteiger partial charge is 0.241 e. The SMILES string of the molecule is CC1CCCCN1CCCCNC(=O)Cn1ncc(=O)c2ccccc21. The summed E-state index contributed by atoms with van der Waals surface area (Å²) in [4.78, 5) is 26.6. The minimum absolute atomic E-state index is 0.0716. The number of carbonyl (C=O) groups excluding carboxylic acids is 1. The molecular formula is C20H28N4O2. The molecule has 1 fully saturated rings. The third-order valence-electron chi connectivity index (χ3n) is 5.19. The van der Waals surface area contributed by atoms with Crippen molar-refractivity contribution in [2.45, 2.75) is 51.6 Å². The summed E-state index contributed by atoms with van der Waals surface area (Å²) in [6, 6.07) is 7.93. The maximum absolute atomic E-state index is 12.2. The standard InChI is InChI=1S/C20H28N4O2/c1-16-8-4-6-12-23(16)13-7-5-11-21-20(26)15-24-18-10-3-2-9-17(18)19(25)14-22-24/h2-3,9-10,14,16H,4-8,11-13,15H2,1H3,(H,21,26). The molecule has 0 bridgehead atoms. The van der Waals surface area contributed by atoms with Crippen molar-refractivity contribution in [2.24, 2.45) is 0 Å². The molecular weight excluding hydrogens is 328 g/mol. The first-order valence-corrected chi connectivity index (χ1v) is 9.61. The molecule has 1 aliphatic rings. The summed E-state index contributed by atoms with van der Waals surface area (Å²) in [7, 11) is 0. The number of benzene rings is 1. The molecule has 1 aromatic carbocycles. The van der Waals surface area contributed by atoms with Crippen molar-refractivity contribution >= 4 is 16.8 Å². The second-order valence-corrected chi connectivity index (χ2v) is 7.12. The number of nitrogens with zero attached hydrogens (tertiary/aromatic N) is 3. The van der Waals surface area contributed by atoms with Crippen LogP contribution in [0.3, 0.4) is 0 Å². The highest BCUT2D eigenvalue weighted by molar-refractivity contribution is 5.81. The van der Waals surface area contributed by atoms with Gasteiger partial charge in [-0.05, 0) is 57.8 Å². The van der Waals surface area contributed by atoms with Crippen LogP contribution in [0.5, 0.6) is 0 Å². The lowest BCUT2D eigenvalue weighted by Gasteiger charge is -2.33. The van der Waals surface area contributed by atoms with Crippen LogP contribution in [-0.4, -0.2) is 46.3 Å². The Labute approximate surface area is 154 Å². The predicted octanol–water partition coefficient (Wildman–Crippen LogP) is 2.17. The fraction of sp³-hybridized carbons (Fsp3) is 0.550. The number of rotatable bonds is 7. The molecule has 6 heteroatoms. The molecule has 3 rings (SSSR count). The van der Waals surface area contributed by atoms with Crippen LogP contribution in [-0.2, 0) is 11.3 Å². The maximum Gasteiger partial charge on any atom is 0.241 e. The van der Waals surface area contributed by atoms with Gasteiger partial charge in [0.05, 0.1) is 11.7 Å². The summed E-state index contributed by atoms with van der Waals surface area (Å²) in [5.74, 6) is -0.0716. The molecule has 2 aromatic rings. The molecule has 140 valence electrons. The van der Waals surface area contributed by atoms with E-state index in [-0.39, 0.29) is 17.9 Å². The minimum atomic E-state index is -0.121. The van der Waals surface area contributed by atoms with Crippen molar-refractivity contribution < 1.29 is 4.79 Å². The monoisotopic (exact) mass is 356 g/mol. The van der Waals surface area contributed by atoms with E-state index in [0.717, 1.165) is 19.4 Å². The van der Waals surface area contributed by atoms with Gasteiger partial charge in [-0.2, -0.15) is 5.10 Å². The van der Waals surface area contributed by atoms with Crippen LogP contribution in [0.25, 0.3) is 10.9 Å². The topological polar surface area (TPSA) is 67.2 Å². The predicted molar refractivity (Wildman–Crippen MR) is 103 cm³/mol. The first kappa shape index (κ1) is 18.6. The van der Waals surface area contributed by atoms with Crippen molar-refractivity contribution in [1.82, 2.24) is 20.0 Å². The summed E-state index contributed by atoms with van der Waals surface area (Å²) >= 11 is 0. The van der Waals surface area contributed by atoms with Gasteiger partial charge in [-0.15, -0.1) is 0 Å². The number of unbranched alkanes of at least 4 members (excludes halogenated alkanes) is 1. The lowest BCUT2D eigenvalue weighted by atomic mass is 10.0. The van der Waals surface area contributed by atoms with Crippen molar-refractivity contribution in [2.75, 3.05) is 19.6 Å². The minimum Gasteiger partial charge on any atom is -0.354 e. The first-order chi connectivity index (χ1) is 12.6. The normalized spacial score (nSPS) is 18.1. The highest BCUT2D eigenvalue weighted by Gasteiger charge is 2.17. The van der Waals surface area contributed by atoms with E-state index in [9.17, 15) is 9.59 Å². The van der Waals surface area contributed by atoms with Crippen molar-refractivity contribution in [1.29, 1.82) is 0 Å². The Morgan fingerprint density at radius 1 is 1.27 bits per heavy atom. The van der Waals surface area contributed by atoms with E-state index in [4.69, 9.17) is 0 Å². The average Bonchev–Trinajstić information content (AvgIpc) is 2.65. The van der Waals surface area contributed by atoms with Gasteiger partial charge in [0.1, 0.15) is 6.54 Å². The van der Waals surface area contributed by atoms with Crippen molar-refractivity contribution in [3.8, 4) is 0 Å². The van der Waals surface area contributed by atoms with Crippen LogP contribution >= 0.6 is 0 Å². The van der Waals surface area contributed by atoms with Crippen LogP contribution in [0.15, 0.2) is 35.3 Å². The molecule has 1 aromatic heterocycles. The molecule has 0 aliphatic carbocycles. The zero-order valence-corrected chi connectivity index (χ0v) is 15.5. The van der Waals surface area contributed by atoms with Crippen molar-refractivity contribution in [3.63, 3.8) is 0 Å². The molecule has 6 nitrogen and oxygen atoms in total. The molecule has 1 amide bonds.